The summed E-state index contributed by atoms with van der Waals surface area (Å²) >= 11 is 11.9. The number of Topliss-reactive ketones (excluding diaryl/α,β-unsaturated/α-hetero) is 1. The van der Waals surface area contributed by atoms with Gasteiger partial charge in [-0.2, -0.15) is 0 Å². The Bertz CT molecular complexity index is 1140. The Kier molecular flexibility index (Phi) is 9.83. The second-order valence-corrected chi connectivity index (χ2v) is 14.7. The number of nitrogens with zero attached hydrogens (tertiary/aromatic N) is 1. The first-order valence-corrected chi connectivity index (χ1v) is 17.1. The molecule has 8 atom stereocenters. The van der Waals surface area contributed by atoms with Gasteiger partial charge in [-0.3, -0.25) is 9.59 Å². The zero-order chi connectivity index (χ0) is 30.1. The summed E-state index contributed by atoms with van der Waals surface area (Å²) in [5.41, 5.74) is 2.21. The Morgan fingerprint density at radius 2 is 1.67 bits per heavy atom. The highest BCUT2D eigenvalue weighted by atomic mass is 35.5. The third-order valence-electron chi connectivity index (χ3n) is 11.8. The molecule has 6 nitrogen and oxygen atoms in total. The standard InChI is InChI=1S/C34H48Cl2N2O4/c1-22(39)37-30(20-23-4-7-25(8-5-23)38(18-16-35)19-17-36)32(41)42-31-11-10-28-27-9-6-24-21-26(40)12-14-33(24,2)29(27)13-15-34(28,31)3/h4-5,7-8,24,27-31H,6,9-21H2,1-3H3,(H,37,39)/t24-,27+,28+,29+,30-,31+,33+,34+/m1/s1. The lowest BCUT2D eigenvalue weighted by Gasteiger charge is -2.60. The van der Waals surface area contributed by atoms with E-state index in [1.165, 1.54) is 13.3 Å². The SMILES string of the molecule is CC(=O)N[C@H](Cc1ccc(N(CCCl)CCCl)cc1)C(=O)O[C@H]1CC[C@H]2[C@@H]3CC[C@@H]4CC(=O)CC[C@]4(C)[C@H]3CC[C@]12C. The number of ketones is 1. The minimum absolute atomic E-state index is 0.0404. The third-order valence-corrected chi connectivity index (χ3v) is 12.1. The number of nitrogens with one attached hydrogen (secondary N) is 1. The van der Waals surface area contributed by atoms with Crippen LogP contribution in [0.25, 0.3) is 0 Å². The van der Waals surface area contributed by atoms with E-state index in [4.69, 9.17) is 27.9 Å². The number of benzene rings is 1. The number of ether oxygens (including phenoxy) is 1. The molecule has 4 fully saturated rings. The predicted molar refractivity (Wildman–Crippen MR) is 168 cm³/mol. The monoisotopic (exact) mass is 618 g/mol. The molecule has 4 aliphatic rings. The second-order valence-electron chi connectivity index (χ2n) is 13.9. The highest BCUT2D eigenvalue weighted by Crippen LogP contribution is 2.66. The van der Waals surface area contributed by atoms with Crippen LogP contribution < -0.4 is 10.2 Å². The summed E-state index contributed by atoms with van der Waals surface area (Å²) in [6.45, 7) is 7.67. The molecule has 0 aromatic heterocycles. The number of fused-ring (bicyclic) bond motifs is 5. The van der Waals surface area contributed by atoms with Crippen LogP contribution in [0, 0.1) is 34.5 Å². The summed E-state index contributed by atoms with van der Waals surface area (Å²) < 4.78 is 6.33. The minimum Gasteiger partial charge on any atom is -0.460 e. The van der Waals surface area contributed by atoms with E-state index >= 15 is 0 Å². The number of carbonyl (C=O) groups is 3. The van der Waals surface area contributed by atoms with Gasteiger partial charge in [0.1, 0.15) is 17.9 Å². The number of hydrogen-bond donors (Lipinski definition) is 1. The molecule has 1 amide bonds. The lowest BCUT2D eigenvalue weighted by Crippen LogP contribution is -2.54. The van der Waals surface area contributed by atoms with Crippen LogP contribution in [0.1, 0.15) is 84.1 Å². The number of alkyl halides is 2. The van der Waals surface area contributed by atoms with Gasteiger partial charge in [0.05, 0.1) is 0 Å². The molecule has 0 saturated heterocycles. The normalized spacial score (nSPS) is 34.5. The molecule has 4 aliphatic carbocycles. The molecular formula is C34H48Cl2N2O4. The lowest BCUT2D eigenvalue weighted by atomic mass is 9.45. The Labute approximate surface area is 261 Å². The Morgan fingerprint density at radius 1 is 0.976 bits per heavy atom. The minimum atomic E-state index is -0.733. The quantitative estimate of drug-likeness (QED) is 0.238. The van der Waals surface area contributed by atoms with Crippen LogP contribution in [-0.4, -0.2) is 54.7 Å². The van der Waals surface area contributed by atoms with Crippen LogP contribution in [0.15, 0.2) is 24.3 Å². The fraction of sp³-hybridized carbons (Fsp3) is 0.735. The van der Waals surface area contributed by atoms with E-state index in [-0.39, 0.29) is 28.8 Å². The number of anilines is 1. The summed E-state index contributed by atoms with van der Waals surface area (Å²) in [7, 11) is 0. The van der Waals surface area contributed by atoms with E-state index in [9.17, 15) is 14.4 Å². The van der Waals surface area contributed by atoms with E-state index in [1.807, 2.05) is 24.3 Å². The zero-order valence-corrected chi connectivity index (χ0v) is 27.0. The van der Waals surface area contributed by atoms with E-state index in [2.05, 4.69) is 24.1 Å². The van der Waals surface area contributed by atoms with Gasteiger partial charge in [0.15, 0.2) is 0 Å². The summed E-state index contributed by atoms with van der Waals surface area (Å²) in [6, 6.07) is 7.29. The van der Waals surface area contributed by atoms with E-state index in [1.54, 1.807) is 0 Å². The fourth-order valence-corrected chi connectivity index (χ4v) is 9.91. The maximum absolute atomic E-state index is 13.6. The molecular weight excluding hydrogens is 571 g/mol. The largest absolute Gasteiger partial charge is 0.460 e. The number of rotatable bonds is 10. The van der Waals surface area contributed by atoms with Crippen LogP contribution in [-0.2, 0) is 25.5 Å². The van der Waals surface area contributed by atoms with Gasteiger partial charge in [0.2, 0.25) is 5.91 Å². The van der Waals surface area contributed by atoms with Crippen molar-refractivity contribution in [2.45, 2.75) is 97.1 Å². The van der Waals surface area contributed by atoms with Crippen LogP contribution >= 0.6 is 23.2 Å². The van der Waals surface area contributed by atoms with Crippen LogP contribution in [0.5, 0.6) is 0 Å². The van der Waals surface area contributed by atoms with Crippen molar-refractivity contribution in [1.82, 2.24) is 5.32 Å². The smallest absolute Gasteiger partial charge is 0.329 e. The number of hydrogen-bond acceptors (Lipinski definition) is 5. The maximum Gasteiger partial charge on any atom is 0.329 e. The molecule has 42 heavy (non-hydrogen) atoms. The Morgan fingerprint density at radius 3 is 2.33 bits per heavy atom. The third kappa shape index (κ3) is 6.22. The average molecular weight is 620 g/mol. The topological polar surface area (TPSA) is 75.7 Å². The van der Waals surface area contributed by atoms with Crippen molar-refractivity contribution in [3.8, 4) is 0 Å². The number of halogens is 2. The van der Waals surface area contributed by atoms with Crippen molar-refractivity contribution in [2.24, 2.45) is 34.5 Å². The molecule has 1 aromatic carbocycles. The highest BCUT2D eigenvalue weighted by molar-refractivity contribution is 6.18. The van der Waals surface area contributed by atoms with Crippen LogP contribution in [0.4, 0.5) is 5.69 Å². The maximum atomic E-state index is 13.6. The molecule has 5 rings (SSSR count). The second kappa shape index (κ2) is 13.1. The van der Waals surface area contributed by atoms with Gasteiger partial charge in [-0.05, 0) is 91.7 Å². The van der Waals surface area contributed by atoms with Crippen molar-refractivity contribution in [3.05, 3.63) is 29.8 Å². The Balaban J connectivity index is 1.26. The lowest BCUT2D eigenvalue weighted by molar-refractivity contribution is -0.167. The molecule has 1 aromatic rings. The van der Waals surface area contributed by atoms with E-state index in [0.29, 0.717) is 60.7 Å². The fourth-order valence-electron chi connectivity index (χ4n) is 9.50. The first-order valence-electron chi connectivity index (χ1n) is 16.0. The van der Waals surface area contributed by atoms with Gasteiger partial charge in [0, 0.05) is 62.1 Å². The van der Waals surface area contributed by atoms with Crippen molar-refractivity contribution < 1.29 is 19.1 Å². The van der Waals surface area contributed by atoms with Gasteiger partial charge in [0.25, 0.3) is 0 Å². The number of esters is 1. The van der Waals surface area contributed by atoms with Crippen molar-refractivity contribution in [1.29, 1.82) is 0 Å². The molecule has 1 N–H and O–H groups in total. The first kappa shape index (κ1) is 31.6. The van der Waals surface area contributed by atoms with E-state index in [0.717, 1.165) is 62.6 Å². The number of carbonyl (C=O) groups excluding carboxylic acids is 3. The van der Waals surface area contributed by atoms with Gasteiger partial charge in [-0.15, -0.1) is 23.2 Å². The van der Waals surface area contributed by atoms with Gasteiger partial charge < -0.3 is 15.0 Å². The summed E-state index contributed by atoms with van der Waals surface area (Å²) in [5, 5.41) is 2.86. The molecule has 4 saturated carbocycles. The first-order chi connectivity index (χ1) is 20.1. The van der Waals surface area contributed by atoms with Crippen LogP contribution in [0.3, 0.4) is 0 Å². The Hall–Kier alpha value is -1.79. The molecule has 0 radical (unpaired) electrons. The highest BCUT2D eigenvalue weighted by Gasteiger charge is 2.61. The summed E-state index contributed by atoms with van der Waals surface area (Å²) in [6.07, 6.45) is 9.31. The van der Waals surface area contributed by atoms with E-state index < -0.39 is 6.04 Å². The summed E-state index contributed by atoms with van der Waals surface area (Å²) in [4.78, 5) is 40.1. The van der Waals surface area contributed by atoms with Crippen molar-refractivity contribution in [2.75, 3.05) is 29.7 Å². The van der Waals surface area contributed by atoms with Crippen molar-refractivity contribution >= 4 is 46.5 Å². The summed E-state index contributed by atoms with van der Waals surface area (Å²) in [5.74, 6) is 3.29. The molecule has 0 bridgehead atoms. The number of amides is 1. The van der Waals surface area contributed by atoms with Crippen LogP contribution in [0.2, 0.25) is 0 Å². The molecule has 0 spiro atoms. The van der Waals surface area contributed by atoms with Gasteiger partial charge >= 0.3 is 5.97 Å². The molecule has 0 heterocycles. The van der Waals surface area contributed by atoms with Crippen molar-refractivity contribution in [3.63, 3.8) is 0 Å². The zero-order valence-electron chi connectivity index (χ0n) is 25.5. The van der Waals surface area contributed by atoms with Gasteiger partial charge in [-0.1, -0.05) is 26.0 Å². The molecule has 232 valence electrons. The molecule has 0 aliphatic heterocycles. The molecule has 8 heteroatoms. The molecule has 0 unspecified atom stereocenters. The predicted octanol–water partition coefficient (Wildman–Crippen LogP) is 6.54. The average Bonchev–Trinajstić information content (AvgIpc) is 3.29. The van der Waals surface area contributed by atoms with Gasteiger partial charge in [-0.25, -0.2) is 4.79 Å².